The Hall–Kier alpha value is -0.340. The summed E-state index contributed by atoms with van der Waals surface area (Å²) in [6, 6.07) is 8.68. The maximum absolute atomic E-state index is 3.47. The molecular formula is C15H24BrN. The zero-order chi connectivity index (χ0) is 12.7. The molecule has 0 unspecified atom stereocenters. The van der Waals surface area contributed by atoms with Gasteiger partial charge in [-0.05, 0) is 55.5 Å². The zero-order valence-electron chi connectivity index (χ0n) is 11.2. The molecule has 2 heteroatoms. The molecule has 1 rings (SSSR count). The number of aryl methyl sites for hydroxylation is 1. The van der Waals surface area contributed by atoms with Gasteiger partial charge in [0.1, 0.15) is 0 Å². The molecule has 0 amide bonds. The highest BCUT2D eigenvalue weighted by Crippen LogP contribution is 2.26. The third-order valence-corrected chi connectivity index (χ3v) is 3.76. The van der Waals surface area contributed by atoms with Crippen molar-refractivity contribution in [2.75, 3.05) is 13.1 Å². The fourth-order valence-corrected chi connectivity index (χ4v) is 2.13. The maximum atomic E-state index is 3.47. The normalized spacial score (nSPS) is 11.8. The summed E-state index contributed by atoms with van der Waals surface area (Å²) in [5.41, 5.74) is 1.86. The average Bonchev–Trinajstić information content (AvgIpc) is 2.29. The predicted octanol–water partition coefficient (Wildman–Crippen LogP) is 4.41. The van der Waals surface area contributed by atoms with Crippen molar-refractivity contribution in [3.8, 4) is 0 Å². The van der Waals surface area contributed by atoms with Gasteiger partial charge in [-0.25, -0.2) is 0 Å². The van der Waals surface area contributed by atoms with Crippen LogP contribution in [0.25, 0.3) is 0 Å². The van der Waals surface area contributed by atoms with Crippen LogP contribution in [0.3, 0.4) is 0 Å². The molecule has 0 saturated heterocycles. The molecule has 96 valence electrons. The van der Waals surface area contributed by atoms with Gasteiger partial charge in [0, 0.05) is 4.47 Å². The Morgan fingerprint density at radius 1 is 1.12 bits per heavy atom. The fourth-order valence-electron chi connectivity index (χ4n) is 1.86. The summed E-state index contributed by atoms with van der Waals surface area (Å²) in [5.74, 6) is 0. The van der Waals surface area contributed by atoms with Gasteiger partial charge in [0.25, 0.3) is 0 Å². The first-order valence-corrected chi connectivity index (χ1v) is 7.28. The van der Waals surface area contributed by atoms with Crippen LogP contribution in [0.1, 0.15) is 39.2 Å². The molecule has 17 heavy (non-hydrogen) atoms. The lowest BCUT2D eigenvalue weighted by atomic mass is 9.83. The Balaban J connectivity index is 2.35. The first kappa shape index (κ1) is 14.7. The monoisotopic (exact) mass is 297 g/mol. The van der Waals surface area contributed by atoms with E-state index in [0.29, 0.717) is 5.41 Å². The standard InChI is InChI=1S/C15H24BrN/c1-4-17-12-11-15(2,3)10-9-13-5-7-14(16)8-6-13/h5-8,17H,4,9-12H2,1-3H3. The Bertz CT molecular complexity index is 316. The number of hydrogen-bond acceptors (Lipinski definition) is 1. The molecule has 1 aromatic carbocycles. The Labute approximate surface area is 114 Å². The predicted molar refractivity (Wildman–Crippen MR) is 79.4 cm³/mol. The largest absolute Gasteiger partial charge is 0.317 e. The maximum Gasteiger partial charge on any atom is 0.0175 e. The van der Waals surface area contributed by atoms with Gasteiger partial charge in [-0.3, -0.25) is 0 Å². The molecule has 0 aliphatic carbocycles. The van der Waals surface area contributed by atoms with Crippen molar-refractivity contribution in [2.24, 2.45) is 5.41 Å². The van der Waals surface area contributed by atoms with Gasteiger partial charge < -0.3 is 5.32 Å². The minimum atomic E-state index is 0.426. The van der Waals surface area contributed by atoms with Crippen LogP contribution in [-0.2, 0) is 6.42 Å². The molecule has 0 atom stereocenters. The quantitative estimate of drug-likeness (QED) is 0.735. The highest BCUT2D eigenvalue weighted by molar-refractivity contribution is 9.10. The summed E-state index contributed by atoms with van der Waals surface area (Å²) in [6.45, 7) is 9.09. The fraction of sp³-hybridized carbons (Fsp3) is 0.600. The van der Waals surface area contributed by atoms with Crippen LogP contribution >= 0.6 is 15.9 Å². The van der Waals surface area contributed by atoms with Crippen LogP contribution < -0.4 is 5.32 Å². The third kappa shape index (κ3) is 6.23. The van der Waals surface area contributed by atoms with Gasteiger partial charge in [0.15, 0.2) is 0 Å². The summed E-state index contributed by atoms with van der Waals surface area (Å²) in [5, 5.41) is 3.40. The van der Waals surface area contributed by atoms with Crippen molar-refractivity contribution in [1.29, 1.82) is 0 Å². The summed E-state index contributed by atoms with van der Waals surface area (Å²) in [6.07, 6.45) is 3.67. The van der Waals surface area contributed by atoms with E-state index in [2.05, 4.69) is 66.3 Å². The number of benzene rings is 1. The van der Waals surface area contributed by atoms with Crippen molar-refractivity contribution in [2.45, 2.75) is 40.0 Å². The molecule has 0 heterocycles. The van der Waals surface area contributed by atoms with Gasteiger partial charge in [0.2, 0.25) is 0 Å². The van der Waals surface area contributed by atoms with E-state index >= 15 is 0 Å². The van der Waals surface area contributed by atoms with E-state index in [1.54, 1.807) is 0 Å². The molecule has 0 saturated carbocycles. The summed E-state index contributed by atoms with van der Waals surface area (Å²) >= 11 is 3.47. The van der Waals surface area contributed by atoms with E-state index in [1.807, 2.05) is 0 Å². The molecule has 1 N–H and O–H groups in total. The summed E-state index contributed by atoms with van der Waals surface area (Å²) in [4.78, 5) is 0. The molecule has 1 aromatic rings. The van der Waals surface area contributed by atoms with Gasteiger partial charge in [-0.2, -0.15) is 0 Å². The van der Waals surface area contributed by atoms with E-state index in [0.717, 1.165) is 17.6 Å². The molecule has 0 spiro atoms. The lowest BCUT2D eigenvalue weighted by Gasteiger charge is -2.24. The highest BCUT2D eigenvalue weighted by Gasteiger charge is 2.16. The number of rotatable bonds is 7. The average molecular weight is 298 g/mol. The second kappa shape index (κ2) is 7.17. The summed E-state index contributed by atoms with van der Waals surface area (Å²) in [7, 11) is 0. The first-order chi connectivity index (χ1) is 8.03. The first-order valence-electron chi connectivity index (χ1n) is 6.49. The number of halogens is 1. The van der Waals surface area contributed by atoms with Crippen molar-refractivity contribution in [3.05, 3.63) is 34.3 Å². The Kier molecular flexibility index (Phi) is 6.21. The molecule has 0 aliphatic heterocycles. The van der Waals surface area contributed by atoms with Gasteiger partial charge in [0.05, 0.1) is 0 Å². The molecule has 0 aromatic heterocycles. The Morgan fingerprint density at radius 2 is 1.76 bits per heavy atom. The van der Waals surface area contributed by atoms with Crippen LogP contribution in [0.15, 0.2) is 28.7 Å². The zero-order valence-corrected chi connectivity index (χ0v) is 12.8. The highest BCUT2D eigenvalue weighted by atomic mass is 79.9. The molecule has 0 aliphatic rings. The van der Waals surface area contributed by atoms with Gasteiger partial charge in [-0.15, -0.1) is 0 Å². The molecule has 1 nitrogen and oxygen atoms in total. The lowest BCUT2D eigenvalue weighted by Crippen LogP contribution is -2.22. The van der Waals surface area contributed by atoms with Crippen LogP contribution in [0.5, 0.6) is 0 Å². The van der Waals surface area contributed by atoms with Crippen LogP contribution in [0.4, 0.5) is 0 Å². The van der Waals surface area contributed by atoms with Gasteiger partial charge >= 0.3 is 0 Å². The summed E-state index contributed by atoms with van der Waals surface area (Å²) < 4.78 is 1.16. The minimum absolute atomic E-state index is 0.426. The van der Waals surface area contributed by atoms with Crippen molar-refractivity contribution >= 4 is 15.9 Å². The molecule has 0 bridgehead atoms. The van der Waals surface area contributed by atoms with Crippen molar-refractivity contribution in [1.82, 2.24) is 5.32 Å². The number of hydrogen-bond donors (Lipinski definition) is 1. The third-order valence-electron chi connectivity index (χ3n) is 3.23. The van der Waals surface area contributed by atoms with Gasteiger partial charge in [-0.1, -0.05) is 48.8 Å². The lowest BCUT2D eigenvalue weighted by molar-refractivity contribution is 0.303. The SMILES string of the molecule is CCNCCC(C)(C)CCc1ccc(Br)cc1. The topological polar surface area (TPSA) is 12.0 Å². The minimum Gasteiger partial charge on any atom is -0.317 e. The van der Waals surface area contributed by atoms with Crippen molar-refractivity contribution in [3.63, 3.8) is 0 Å². The van der Waals surface area contributed by atoms with E-state index in [1.165, 1.54) is 24.8 Å². The molecule has 0 radical (unpaired) electrons. The number of nitrogens with one attached hydrogen (secondary N) is 1. The van der Waals surface area contributed by atoms with Crippen LogP contribution in [0.2, 0.25) is 0 Å². The van der Waals surface area contributed by atoms with E-state index in [4.69, 9.17) is 0 Å². The van der Waals surface area contributed by atoms with Crippen LogP contribution in [-0.4, -0.2) is 13.1 Å². The van der Waals surface area contributed by atoms with Crippen LogP contribution in [0, 0.1) is 5.41 Å². The smallest absolute Gasteiger partial charge is 0.0175 e. The van der Waals surface area contributed by atoms with E-state index < -0.39 is 0 Å². The Morgan fingerprint density at radius 3 is 2.35 bits per heavy atom. The second-order valence-electron chi connectivity index (χ2n) is 5.39. The van der Waals surface area contributed by atoms with E-state index in [9.17, 15) is 0 Å². The second-order valence-corrected chi connectivity index (χ2v) is 6.31. The van der Waals surface area contributed by atoms with E-state index in [-0.39, 0.29) is 0 Å². The molecule has 0 fully saturated rings. The molecular weight excluding hydrogens is 274 g/mol. The van der Waals surface area contributed by atoms with Crippen molar-refractivity contribution < 1.29 is 0 Å².